The summed E-state index contributed by atoms with van der Waals surface area (Å²) in [5.41, 5.74) is 4.57. The molecule has 1 N–H and O–H groups in total. The average molecular weight is 297 g/mol. The van der Waals surface area contributed by atoms with Gasteiger partial charge in [-0.15, -0.1) is 0 Å². The summed E-state index contributed by atoms with van der Waals surface area (Å²) in [5, 5.41) is 8.01. The smallest absolute Gasteiger partial charge is 0.0890 e. The van der Waals surface area contributed by atoms with E-state index >= 15 is 0 Å². The van der Waals surface area contributed by atoms with Crippen LogP contribution in [0.4, 0.5) is 0 Å². The fourth-order valence-electron chi connectivity index (χ4n) is 2.47. The fourth-order valence-corrected chi connectivity index (χ4v) is 3.15. The lowest BCUT2D eigenvalue weighted by molar-refractivity contribution is 0.530. The molecule has 21 heavy (non-hydrogen) atoms. The molecule has 3 aromatic rings. The van der Waals surface area contributed by atoms with Crippen LogP contribution in [-0.2, 0) is 6.42 Å². The Morgan fingerprint density at radius 2 is 2.00 bits per heavy atom. The van der Waals surface area contributed by atoms with Gasteiger partial charge in [-0.25, -0.2) is 0 Å². The SMILES string of the molecule is CCCNC(Cc1ccsc1)c1ccc2nccnc2c1. The third-order valence-corrected chi connectivity index (χ3v) is 4.29. The van der Waals surface area contributed by atoms with E-state index in [2.05, 4.69) is 57.2 Å². The second kappa shape index (κ2) is 6.78. The Morgan fingerprint density at radius 3 is 2.76 bits per heavy atom. The van der Waals surface area contributed by atoms with Crippen molar-refractivity contribution in [3.63, 3.8) is 0 Å². The summed E-state index contributed by atoms with van der Waals surface area (Å²) in [4.78, 5) is 8.75. The van der Waals surface area contributed by atoms with Crippen LogP contribution in [0.3, 0.4) is 0 Å². The van der Waals surface area contributed by atoms with Crippen molar-refractivity contribution in [2.24, 2.45) is 0 Å². The van der Waals surface area contributed by atoms with E-state index in [1.807, 2.05) is 0 Å². The Labute approximate surface area is 129 Å². The minimum atomic E-state index is 0.325. The Balaban J connectivity index is 1.89. The number of fused-ring (bicyclic) bond motifs is 1. The molecule has 2 heterocycles. The summed E-state index contributed by atoms with van der Waals surface area (Å²) >= 11 is 1.75. The van der Waals surface area contributed by atoms with E-state index in [-0.39, 0.29) is 0 Å². The van der Waals surface area contributed by atoms with E-state index in [0.717, 1.165) is 30.4 Å². The number of benzene rings is 1. The van der Waals surface area contributed by atoms with Crippen LogP contribution < -0.4 is 5.32 Å². The molecular weight excluding hydrogens is 278 g/mol. The predicted octanol–water partition coefficient (Wildman–Crippen LogP) is 3.97. The Morgan fingerprint density at radius 1 is 1.14 bits per heavy atom. The van der Waals surface area contributed by atoms with Gasteiger partial charge >= 0.3 is 0 Å². The molecular formula is C17H19N3S. The molecule has 3 nitrogen and oxygen atoms in total. The third-order valence-electron chi connectivity index (χ3n) is 3.56. The summed E-state index contributed by atoms with van der Waals surface area (Å²) in [7, 11) is 0. The summed E-state index contributed by atoms with van der Waals surface area (Å²) in [5.74, 6) is 0. The highest BCUT2D eigenvalue weighted by molar-refractivity contribution is 7.07. The molecule has 108 valence electrons. The van der Waals surface area contributed by atoms with Gasteiger partial charge in [0.15, 0.2) is 0 Å². The summed E-state index contributed by atoms with van der Waals surface area (Å²) in [6.45, 7) is 3.22. The zero-order chi connectivity index (χ0) is 14.5. The highest BCUT2D eigenvalue weighted by atomic mass is 32.1. The van der Waals surface area contributed by atoms with Gasteiger partial charge in [0.1, 0.15) is 0 Å². The van der Waals surface area contributed by atoms with Crippen molar-refractivity contribution in [1.29, 1.82) is 0 Å². The second-order valence-corrected chi connectivity index (χ2v) is 5.93. The molecule has 0 fully saturated rings. The maximum atomic E-state index is 4.41. The Kier molecular flexibility index (Phi) is 4.58. The minimum Gasteiger partial charge on any atom is -0.310 e. The van der Waals surface area contributed by atoms with Crippen LogP contribution in [0, 0.1) is 0 Å². The zero-order valence-corrected chi connectivity index (χ0v) is 12.9. The number of nitrogens with one attached hydrogen (secondary N) is 1. The van der Waals surface area contributed by atoms with Gasteiger partial charge in [-0.3, -0.25) is 9.97 Å². The van der Waals surface area contributed by atoms with Gasteiger partial charge in [0.25, 0.3) is 0 Å². The normalized spacial score (nSPS) is 12.6. The fraction of sp³-hybridized carbons (Fsp3) is 0.294. The average Bonchev–Trinajstić information content (AvgIpc) is 3.04. The number of thiophene rings is 1. The first-order valence-electron chi connectivity index (χ1n) is 7.32. The van der Waals surface area contributed by atoms with Crippen molar-refractivity contribution in [2.45, 2.75) is 25.8 Å². The van der Waals surface area contributed by atoms with Crippen LogP contribution in [0.2, 0.25) is 0 Å². The molecule has 0 aliphatic carbocycles. The van der Waals surface area contributed by atoms with E-state index in [9.17, 15) is 0 Å². The number of rotatable bonds is 6. The molecule has 0 saturated carbocycles. The highest BCUT2D eigenvalue weighted by Gasteiger charge is 2.13. The summed E-state index contributed by atoms with van der Waals surface area (Å²) in [6, 6.07) is 8.91. The van der Waals surface area contributed by atoms with E-state index in [4.69, 9.17) is 0 Å². The lowest BCUT2D eigenvalue weighted by Gasteiger charge is -2.19. The maximum Gasteiger partial charge on any atom is 0.0890 e. The molecule has 4 heteroatoms. The Hall–Kier alpha value is -1.78. The second-order valence-electron chi connectivity index (χ2n) is 5.15. The highest BCUT2D eigenvalue weighted by Crippen LogP contribution is 2.22. The molecule has 0 amide bonds. The van der Waals surface area contributed by atoms with E-state index in [1.54, 1.807) is 23.7 Å². The van der Waals surface area contributed by atoms with Crippen LogP contribution in [-0.4, -0.2) is 16.5 Å². The summed E-state index contributed by atoms with van der Waals surface area (Å²) < 4.78 is 0. The van der Waals surface area contributed by atoms with Gasteiger partial charge in [-0.1, -0.05) is 13.0 Å². The van der Waals surface area contributed by atoms with Crippen molar-refractivity contribution in [3.8, 4) is 0 Å². The molecule has 0 spiro atoms. The van der Waals surface area contributed by atoms with Crippen molar-refractivity contribution in [3.05, 3.63) is 58.5 Å². The predicted molar refractivity (Wildman–Crippen MR) is 88.6 cm³/mol. The summed E-state index contributed by atoms with van der Waals surface area (Å²) in [6.07, 6.45) is 5.63. The molecule has 3 rings (SSSR count). The van der Waals surface area contributed by atoms with Crippen LogP contribution in [0.5, 0.6) is 0 Å². The van der Waals surface area contributed by atoms with Crippen molar-refractivity contribution >= 4 is 22.4 Å². The van der Waals surface area contributed by atoms with Crippen LogP contribution in [0.25, 0.3) is 11.0 Å². The largest absolute Gasteiger partial charge is 0.310 e. The van der Waals surface area contributed by atoms with Crippen LogP contribution in [0.1, 0.15) is 30.5 Å². The molecule has 1 aromatic carbocycles. The van der Waals surface area contributed by atoms with Gasteiger partial charge in [0.2, 0.25) is 0 Å². The monoisotopic (exact) mass is 297 g/mol. The standard InChI is InChI=1S/C17H19N3S/c1-2-6-18-16(10-13-5-9-21-12-13)14-3-4-15-17(11-14)20-8-7-19-15/h3-5,7-9,11-12,16,18H,2,6,10H2,1H3. The van der Waals surface area contributed by atoms with Crippen LogP contribution in [0.15, 0.2) is 47.4 Å². The van der Waals surface area contributed by atoms with Gasteiger partial charge in [-0.2, -0.15) is 11.3 Å². The lowest BCUT2D eigenvalue weighted by Crippen LogP contribution is -2.24. The number of hydrogen-bond acceptors (Lipinski definition) is 4. The van der Waals surface area contributed by atoms with E-state index in [1.165, 1.54) is 11.1 Å². The third kappa shape index (κ3) is 3.46. The van der Waals surface area contributed by atoms with Crippen molar-refractivity contribution in [2.75, 3.05) is 6.54 Å². The van der Waals surface area contributed by atoms with Gasteiger partial charge < -0.3 is 5.32 Å². The molecule has 0 saturated heterocycles. The maximum absolute atomic E-state index is 4.41. The number of hydrogen-bond donors (Lipinski definition) is 1. The van der Waals surface area contributed by atoms with Crippen molar-refractivity contribution in [1.82, 2.24) is 15.3 Å². The van der Waals surface area contributed by atoms with E-state index in [0.29, 0.717) is 6.04 Å². The number of nitrogens with zero attached hydrogens (tertiary/aromatic N) is 2. The lowest BCUT2D eigenvalue weighted by atomic mass is 9.99. The molecule has 2 aromatic heterocycles. The van der Waals surface area contributed by atoms with Crippen LogP contribution >= 0.6 is 11.3 Å². The quantitative estimate of drug-likeness (QED) is 0.748. The molecule has 0 aliphatic rings. The Bertz CT molecular complexity index is 694. The first kappa shape index (κ1) is 14.2. The zero-order valence-electron chi connectivity index (χ0n) is 12.1. The van der Waals surface area contributed by atoms with Gasteiger partial charge in [-0.05, 0) is 59.5 Å². The first-order chi connectivity index (χ1) is 10.4. The molecule has 0 bridgehead atoms. The molecule has 1 unspecified atom stereocenters. The van der Waals surface area contributed by atoms with Gasteiger partial charge in [0.05, 0.1) is 11.0 Å². The molecule has 1 atom stereocenters. The molecule has 0 radical (unpaired) electrons. The van der Waals surface area contributed by atoms with E-state index < -0.39 is 0 Å². The van der Waals surface area contributed by atoms with Crippen molar-refractivity contribution < 1.29 is 0 Å². The van der Waals surface area contributed by atoms with Gasteiger partial charge in [0, 0.05) is 18.4 Å². The minimum absolute atomic E-state index is 0.325. The first-order valence-corrected chi connectivity index (χ1v) is 8.26. The topological polar surface area (TPSA) is 37.8 Å². The molecule has 0 aliphatic heterocycles. The number of aromatic nitrogens is 2.